The predicted molar refractivity (Wildman–Crippen MR) is 64.7 cm³/mol. The molecule has 2 aliphatic rings. The minimum atomic E-state index is -1.56. The van der Waals surface area contributed by atoms with Gasteiger partial charge in [0.15, 0.2) is 11.7 Å². The molecule has 2 aliphatic carbocycles. The van der Waals surface area contributed by atoms with Gasteiger partial charge in [0.25, 0.3) is 0 Å². The molecule has 0 spiro atoms. The highest BCUT2D eigenvalue weighted by Gasteiger charge is 2.30. The van der Waals surface area contributed by atoms with Gasteiger partial charge in [0, 0.05) is 10.8 Å². The molecule has 1 atom stereocenters. The van der Waals surface area contributed by atoms with E-state index in [1.54, 1.807) is 6.07 Å². The Hall–Kier alpha value is -2.10. The van der Waals surface area contributed by atoms with Crippen LogP contribution in [0.3, 0.4) is 0 Å². The first-order valence-corrected chi connectivity index (χ1v) is 5.70. The van der Waals surface area contributed by atoms with Crippen molar-refractivity contribution in [2.45, 2.75) is 0 Å². The van der Waals surface area contributed by atoms with Gasteiger partial charge in [-0.1, -0.05) is 36.4 Å². The molecular formula is C15H8F4. The summed E-state index contributed by atoms with van der Waals surface area (Å²) in [4.78, 5) is 0. The number of allylic oxidation sites excluding steroid dienone is 6. The van der Waals surface area contributed by atoms with Crippen molar-refractivity contribution in [2.24, 2.45) is 5.92 Å². The van der Waals surface area contributed by atoms with Crippen LogP contribution < -0.4 is 10.4 Å². The average molecular weight is 264 g/mol. The number of halogens is 4. The van der Waals surface area contributed by atoms with E-state index in [1.807, 2.05) is 0 Å². The van der Waals surface area contributed by atoms with Crippen molar-refractivity contribution in [2.75, 3.05) is 0 Å². The third-order valence-electron chi connectivity index (χ3n) is 3.24. The third-order valence-corrected chi connectivity index (χ3v) is 3.24. The highest BCUT2D eigenvalue weighted by molar-refractivity contribution is 5.74. The van der Waals surface area contributed by atoms with Crippen LogP contribution >= 0.6 is 0 Å². The summed E-state index contributed by atoms with van der Waals surface area (Å²) in [5.41, 5.74) is -0.0431. The molecule has 96 valence electrons. The molecule has 0 radical (unpaired) electrons. The Bertz CT molecular complexity index is 766. The van der Waals surface area contributed by atoms with E-state index in [1.165, 1.54) is 30.4 Å². The first-order valence-electron chi connectivity index (χ1n) is 5.70. The summed E-state index contributed by atoms with van der Waals surface area (Å²) in [5, 5.41) is 0.0393. The number of benzene rings is 1. The van der Waals surface area contributed by atoms with Crippen molar-refractivity contribution in [3.8, 4) is 0 Å². The van der Waals surface area contributed by atoms with Crippen LogP contribution in [0, 0.1) is 5.92 Å². The lowest BCUT2D eigenvalue weighted by molar-refractivity contribution is 0.496. The summed E-state index contributed by atoms with van der Waals surface area (Å²) in [6, 6.07) is 5.82. The van der Waals surface area contributed by atoms with Crippen molar-refractivity contribution in [1.29, 1.82) is 0 Å². The van der Waals surface area contributed by atoms with Gasteiger partial charge < -0.3 is 0 Å². The predicted octanol–water partition coefficient (Wildman–Crippen LogP) is 3.12. The van der Waals surface area contributed by atoms with Gasteiger partial charge in [-0.15, -0.1) is 0 Å². The molecule has 0 nitrogen and oxygen atoms in total. The maximum Gasteiger partial charge on any atom is 0.191 e. The molecule has 1 aromatic carbocycles. The molecule has 0 saturated carbocycles. The van der Waals surface area contributed by atoms with Crippen LogP contribution in [0.15, 0.2) is 60.0 Å². The lowest BCUT2D eigenvalue weighted by Crippen LogP contribution is -2.29. The lowest BCUT2D eigenvalue weighted by atomic mass is 9.91. The second-order valence-corrected chi connectivity index (χ2v) is 4.31. The fraction of sp³-hybridized carbons (Fsp3) is 0.0667. The quantitative estimate of drug-likeness (QED) is 0.632. The summed E-state index contributed by atoms with van der Waals surface area (Å²) in [7, 11) is 0. The molecule has 0 aromatic heterocycles. The van der Waals surface area contributed by atoms with Gasteiger partial charge in [-0.05, 0) is 11.3 Å². The molecule has 1 aromatic rings. The number of hydrogen-bond acceptors (Lipinski definition) is 0. The van der Waals surface area contributed by atoms with Gasteiger partial charge >= 0.3 is 0 Å². The monoisotopic (exact) mass is 264 g/mol. The lowest BCUT2D eigenvalue weighted by Gasteiger charge is -2.16. The van der Waals surface area contributed by atoms with Crippen LogP contribution in [-0.2, 0) is 0 Å². The summed E-state index contributed by atoms with van der Waals surface area (Å²) in [6.07, 6.45) is 3.75. The van der Waals surface area contributed by atoms with Gasteiger partial charge in [-0.3, -0.25) is 0 Å². The molecule has 0 fully saturated rings. The van der Waals surface area contributed by atoms with Crippen molar-refractivity contribution in [1.82, 2.24) is 0 Å². The number of rotatable bonds is 0. The van der Waals surface area contributed by atoms with Crippen LogP contribution in [0.25, 0.3) is 11.4 Å². The van der Waals surface area contributed by atoms with E-state index in [-0.39, 0.29) is 16.0 Å². The smallest absolute Gasteiger partial charge is 0.191 e. The van der Waals surface area contributed by atoms with Gasteiger partial charge in [-0.2, -0.15) is 0 Å². The molecule has 0 aliphatic heterocycles. The number of fused-ring (bicyclic) bond motifs is 2. The molecule has 19 heavy (non-hydrogen) atoms. The topological polar surface area (TPSA) is 0 Å². The SMILES string of the molecule is FC1=CC=CC2C(F)=C(F)C(F)=c3ccccc3=C12. The van der Waals surface area contributed by atoms with E-state index in [2.05, 4.69) is 0 Å². The van der Waals surface area contributed by atoms with Gasteiger partial charge in [0.05, 0.1) is 5.92 Å². The summed E-state index contributed by atoms with van der Waals surface area (Å²) >= 11 is 0. The molecule has 3 rings (SSSR count). The minimum absolute atomic E-state index is 0.0431. The van der Waals surface area contributed by atoms with Gasteiger partial charge in [-0.25, -0.2) is 17.6 Å². The maximum absolute atomic E-state index is 13.9. The Balaban J connectivity index is 2.55. The molecule has 0 saturated heterocycles. The van der Waals surface area contributed by atoms with Crippen LogP contribution in [0.4, 0.5) is 17.6 Å². The largest absolute Gasteiger partial charge is 0.207 e. The van der Waals surface area contributed by atoms with E-state index in [0.29, 0.717) is 0 Å². The molecular weight excluding hydrogens is 256 g/mol. The van der Waals surface area contributed by atoms with Crippen LogP contribution in [-0.4, -0.2) is 0 Å². The first kappa shape index (κ1) is 12.0. The Morgan fingerprint density at radius 1 is 0.842 bits per heavy atom. The summed E-state index contributed by atoms with van der Waals surface area (Å²) in [6.45, 7) is 0. The third kappa shape index (κ3) is 1.67. The van der Waals surface area contributed by atoms with E-state index in [0.717, 1.165) is 6.08 Å². The standard InChI is InChI=1S/C15H8F4/c16-11-7-3-6-10-12(11)8-4-1-2-5-9(8)13(17)15(19)14(10)18/h1-7,10H. The molecule has 0 amide bonds. The minimum Gasteiger partial charge on any atom is -0.207 e. The zero-order valence-corrected chi connectivity index (χ0v) is 9.63. The fourth-order valence-corrected chi connectivity index (χ4v) is 2.36. The van der Waals surface area contributed by atoms with Crippen molar-refractivity contribution in [3.05, 3.63) is 70.4 Å². The Morgan fingerprint density at radius 3 is 2.26 bits per heavy atom. The van der Waals surface area contributed by atoms with E-state index in [4.69, 9.17) is 0 Å². The van der Waals surface area contributed by atoms with Crippen molar-refractivity contribution >= 4 is 11.4 Å². The second kappa shape index (κ2) is 4.23. The zero-order chi connectivity index (χ0) is 13.6. The molecule has 0 bridgehead atoms. The van der Waals surface area contributed by atoms with Crippen LogP contribution in [0.2, 0.25) is 0 Å². The van der Waals surface area contributed by atoms with Gasteiger partial charge in [0.1, 0.15) is 11.7 Å². The maximum atomic E-state index is 13.9. The molecule has 0 N–H and O–H groups in total. The first-order chi connectivity index (χ1) is 9.11. The number of hydrogen-bond donors (Lipinski definition) is 0. The van der Waals surface area contributed by atoms with Crippen LogP contribution in [0.5, 0.6) is 0 Å². The highest BCUT2D eigenvalue weighted by atomic mass is 19.2. The fourth-order valence-electron chi connectivity index (χ4n) is 2.36. The zero-order valence-electron chi connectivity index (χ0n) is 9.63. The van der Waals surface area contributed by atoms with Crippen LogP contribution in [0.1, 0.15) is 0 Å². The van der Waals surface area contributed by atoms with E-state index < -0.39 is 29.2 Å². The van der Waals surface area contributed by atoms with E-state index in [9.17, 15) is 17.6 Å². The van der Waals surface area contributed by atoms with E-state index >= 15 is 0 Å². The molecule has 1 unspecified atom stereocenters. The second-order valence-electron chi connectivity index (χ2n) is 4.31. The summed E-state index contributed by atoms with van der Waals surface area (Å²) in [5.74, 6) is -6.07. The molecule has 0 heterocycles. The highest BCUT2D eigenvalue weighted by Crippen LogP contribution is 2.37. The Labute approximate surface area is 106 Å². The Kier molecular flexibility index (Phi) is 2.66. The van der Waals surface area contributed by atoms with Crippen molar-refractivity contribution < 1.29 is 17.6 Å². The van der Waals surface area contributed by atoms with Crippen molar-refractivity contribution in [3.63, 3.8) is 0 Å². The Morgan fingerprint density at radius 2 is 1.53 bits per heavy atom. The molecule has 4 heteroatoms. The summed E-state index contributed by atoms with van der Waals surface area (Å²) < 4.78 is 55.5. The van der Waals surface area contributed by atoms with Gasteiger partial charge in [0.2, 0.25) is 0 Å². The average Bonchev–Trinajstić information content (AvgIpc) is 2.51. The normalized spacial score (nSPS) is 21.9.